The van der Waals surface area contributed by atoms with E-state index in [9.17, 15) is 4.79 Å². The second-order valence-corrected chi connectivity index (χ2v) is 4.60. The van der Waals surface area contributed by atoms with Crippen LogP contribution in [0.25, 0.3) is 22.4 Å². The van der Waals surface area contributed by atoms with Crippen LogP contribution in [0.1, 0.15) is 11.3 Å². The molecule has 0 radical (unpaired) electrons. The molecule has 1 aromatic carbocycles. The molecule has 0 aliphatic heterocycles. The Hall–Kier alpha value is -2.40. The maximum atomic E-state index is 12.0. The molecule has 0 atom stereocenters. The average Bonchev–Trinajstić information content (AvgIpc) is 2.86. The van der Waals surface area contributed by atoms with Crippen LogP contribution in [-0.2, 0) is 6.42 Å². The average molecular weight is 270 g/mol. The van der Waals surface area contributed by atoms with E-state index in [0.717, 1.165) is 16.5 Å². The SMILES string of the molecule is Cc1nc(-c2coc3ccccc23)[nH]c(=O)c1CCO. The zero-order valence-electron chi connectivity index (χ0n) is 11.0. The van der Waals surface area contributed by atoms with Crippen molar-refractivity contribution < 1.29 is 9.52 Å². The molecule has 3 rings (SSSR count). The number of hydrogen-bond donors (Lipinski definition) is 2. The molecule has 0 bridgehead atoms. The number of nitrogens with one attached hydrogen (secondary N) is 1. The van der Waals surface area contributed by atoms with Gasteiger partial charge in [0.2, 0.25) is 0 Å². The Kier molecular flexibility index (Phi) is 3.12. The summed E-state index contributed by atoms with van der Waals surface area (Å²) >= 11 is 0. The number of H-pyrrole nitrogens is 1. The van der Waals surface area contributed by atoms with Crippen LogP contribution in [0.4, 0.5) is 0 Å². The van der Waals surface area contributed by atoms with Gasteiger partial charge in [-0.1, -0.05) is 18.2 Å². The zero-order valence-corrected chi connectivity index (χ0v) is 11.0. The van der Waals surface area contributed by atoms with E-state index in [1.807, 2.05) is 24.3 Å². The number of aryl methyl sites for hydroxylation is 1. The van der Waals surface area contributed by atoms with E-state index < -0.39 is 0 Å². The van der Waals surface area contributed by atoms with Crippen molar-refractivity contribution in [3.8, 4) is 11.4 Å². The van der Waals surface area contributed by atoms with Crippen molar-refractivity contribution in [1.29, 1.82) is 0 Å². The van der Waals surface area contributed by atoms with Crippen LogP contribution in [-0.4, -0.2) is 21.7 Å². The predicted molar refractivity (Wildman–Crippen MR) is 75.6 cm³/mol. The number of aliphatic hydroxyl groups is 1. The third-order valence-corrected chi connectivity index (χ3v) is 3.32. The second-order valence-electron chi connectivity index (χ2n) is 4.60. The smallest absolute Gasteiger partial charge is 0.254 e. The lowest BCUT2D eigenvalue weighted by Crippen LogP contribution is -2.18. The highest BCUT2D eigenvalue weighted by Crippen LogP contribution is 2.27. The van der Waals surface area contributed by atoms with Crippen LogP contribution in [0, 0.1) is 6.92 Å². The van der Waals surface area contributed by atoms with Gasteiger partial charge in [-0.25, -0.2) is 4.98 Å². The van der Waals surface area contributed by atoms with Gasteiger partial charge in [0, 0.05) is 29.7 Å². The number of furan rings is 1. The van der Waals surface area contributed by atoms with Crippen LogP contribution in [0.5, 0.6) is 0 Å². The van der Waals surface area contributed by atoms with Crippen LogP contribution in [0.2, 0.25) is 0 Å². The van der Waals surface area contributed by atoms with Crippen molar-refractivity contribution in [3.63, 3.8) is 0 Å². The molecule has 5 heteroatoms. The number of nitrogens with zero attached hydrogens (tertiary/aromatic N) is 1. The predicted octanol–water partition coefficient (Wildman–Crippen LogP) is 2.03. The van der Waals surface area contributed by atoms with E-state index in [1.165, 1.54) is 0 Å². The fourth-order valence-corrected chi connectivity index (χ4v) is 2.31. The lowest BCUT2D eigenvalue weighted by atomic mass is 10.1. The lowest BCUT2D eigenvalue weighted by molar-refractivity contribution is 0.298. The van der Waals surface area contributed by atoms with Crippen LogP contribution < -0.4 is 5.56 Å². The second kappa shape index (κ2) is 4.94. The van der Waals surface area contributed by atoms with Gasteiger partial charge in [0.05, 0.1) is 5.56 Å². The fourth-order valence-electron chi connectivity index (χ4n) is 2.31. The minimum Gasteiger partial charge on any atom is -0.464 e. The van der Waals surface area contributed by atoms with Gasteiger partial charge in [0.1, 0.15) is 17.7 Å². The summed E-state index contributed by atoms with van der Waals surface area (Å²) in [5, 5.41) is 9.88. The summed E-state index contributed by atoms with van der Waals surface area (Å²) in [6.45, 7) is 1.70. The molecule has 0 aliphatic carbocycles. The number of para-hydroxylation sites is 1. The van der Waals surface area contributed by atoms with Gasteiger partial charge in [-0.2, -0.15) is 0 Å². The maximum absolute atomic E-state index is 12.0. The molecule has 3 aromatic rings. The Balaban J connectivity index is 2.18. The first kappa shape index (κ1) is 12.6. The summed E-state index contributed by atoms with van der Waals surface area (Å²) in [5.74, 6) is 0.485. The van der Waals surface area contributed by atoms with Crippen molar-refractivity contribution in [3.05, 3.63) is 52.1 Å². The molecule has 0 spiro atoms. The normalized spacial score (nSPS) is 11.1. The minimum atomic E-state index is -0.216. The number of rotatable bonds is 3. The molecule has 2 heterocycles. The monoisotopic (exact) mass is 270 g/mol. The molecule has 2 N–H and O–H groups in total. The standard InChI is InChI=1S/C15H14N2O3/c1-9-10(6-7-18)15(19)17-14(16-9)12-8-20-13-5-3-2-4-11(12)13/h2-5,8,18H,6-7H2,1H3,(H,16,17,19). The molecule has 0 amide bonds. The van der Waals surface area contributed by atoms with Gasteiger partial charge in [-0.3, -0.25) is 4.79 Å². The van der Waals surface area contributed by atoms with Gasteiger partial charge in [0.25, 0.3) is 5.56 Å². The topological polar surface area (TPSA) is 79.1 Å². The van der Waals surface area contributed by atoms with Gasteiger partial charge < -0.3 is 14.5 Å². The number of aromatic amines is 1. The van der Waals surface area contributed by atoms with E-state index in [4.69, 9.17) is 9.52 Å². The molecule has 5 nitrogen and oxygen atoms in total. The van der Waals surface area contributed by atoms with E-state index in [1.54, 1.807) is 13.2 Å². The number of hydrogen-bond acceptors (Lipinski definition) is 4. The third kappa shape index (κ3) is 2.02. The summed E-state index contributed by atoms with van der Waals surface area (Å²) in [6.07, 6.45) is 1.90. The fraction of sp³-hybridized carbons (Fsp3) is 0.200. The third-order valence-electron chi connectivity index (χ3n) is 3.32. The molecule has 102 valence electrons. The highest BCUT2D eigenvalue weighted by molar-refractivity contribution is 5.91. The van der Waals surface area contributed by atoms with E-state index >= 15 is 0 Å². The quantitative estimate of drug-likeness (QED) is 0.763. The van der Waals surface area contributed by atoms with Crippen LogP contribution in [0.15, 0.2) is 39.7 Å². The number of aliphatic hydroxyl groups excluding tert-OH is 1. The molecule has 2 aromatic heterocycles. The first-order chi connectivity index (χ1) is 9.70. The zero-order chi connectivity index (χ0) is 14.1. The molecule has 0 saturated heterocycles. The maximum Gasteiger partial charge on any atom is 0.254 e. The number of benzene rings is 1. The molecular weight excluding hydrogens is 256 g/mol. The Morgan fingerprint density at radius 1 is 1.35 bits per heavy atom. The van der Waals surface area contributed by atoms with Crippen LogP contribution in [0.3, 0.4) is 0 Å². The van der Waals surface area contributed by atoms with E-state index in [0.29, 0.717) is 23.5 Å². The molecule has 0 aliphatic rings. The van der Waals surface area contributed by atoms with Gasteiger partial charge in [-0.05, 0) is 13.0 Å². The molecule has 0 unspecified atom stereocenters. The highest BCUT2D eigenvalue weighted by atomic mass is 16.3. The summed E-state index contributed by atoms with van der Waals surface area (Å²) in [5.41, 5.74) is 2.44. The largest absolute Gasteiger partial charge is 0.464 e. The Labute approximate surface area is 114 Å². The molecule has 0 fully saturated rings. The van der Waals surface area contributed by atoms with Crippen molar-refractivity contribution in [2.75, 3.05) is 6.61 Å². The summed E-state index contributed by atoms with van der Waals surface area (Å²) < 4.78 is 5.46. The number of aromatic nitrogens is 2. The van der Waals surface area contributed by atoms with E-state index in [2.05, 4.69) is 9.97 Å². The van der Waals surface area contributed by atoms with Crippen molar-refractivity contribution in [2.45, 2.75) is 13.3 Å². The van der Waals surface area contributed by atoms with Gasteiger partial charge >= 0.3 is 0 Å². The molecule has 0 saturated carbocycles. The first-order valence-corrected chi connectivity index (χ1v) is 6.38. The number of fused-ring (bicyclic) bond motifs is 1. The molecular formula is C15H14N2O3. The summed E-state index contributed by atoms with van der Waals surface area (Å²) in [4.78, 5) is 19.2. The summed E-state index contributed by atoms with van der Waals surface area (Å²) in [6, 6.07) is 7.59. The summed E-state index contributed by atoms with van der Waals surface area (Å²) in [7, 11) is 0. The lowest BCUT2D eigenvalue weighted by Gasteiger charge is -2.05. The first-order valence-electron chi connectivity index (χ1n) is 6.38. The van der Waals surface area contributed by atoms with Crippen molar-refractivity contribution in [2.24, 2.45) is 0 Å². The highest BCUT2D eigenvalue weighted by Gasteiger charge is 2.13. The van der Waals surface area contributed by atoms with Crippen LogP contribution >= 0.6 is 0 Å². The van der Waals surface area contributed by atoms with Gasteiger partial charge in [-0.15, -0.1) is 0 Å². The Bertz CT molecular complexity index is 817. The minimum absolute atomic E-state index is 0.0699. The molecule has 20 heavy (non-hydrogen) atoms. The van der Waals surface area contributed by atoms with E-state index in [-0.39, 0.29) is 12.2 Å². The van der Waals surface area contributed by atoms with Crippen molar-refractivity contribution >= 4 is 11.0 Å². The van der Waals surface area contributed by atoms with Crippen molar-refractivity contribution in [1.82, 2.24) is 9.97 Å². The Morgan fingerprint density at radius 2 is 2.15 bits per heavy atom. The van der Waals surface area contributed by atoms with Gasteiger partial charge in [0.15, 0.2) is 0 Å². The Morgan fingerprint density at radius 3 is 2.90 bits per heavy atom.